The molecule has 0 aliphatic heterocycles. The highest BCUT2D eigenvalue weighted by atomic mass is 16.5. The van der Waals surface area contributed by atoms with Crippen molar-refractivity contribution in [3.8, 4) is 22.6 Å². The van der Waals surface area contributed by atoms with Crippen LogP contribution in [0.2, 0.25) is 0 Å². The van der Waals surface area contributed by atoms with Gasteiger partial charge in [0.15, 0.2) is 17.7 Å². The first-order valence-electron chi connectivity index (χ1n) is 12.6. The fourth-order valence-electron chi connectivity index (χ4n) is 5.06. The summed E-state index contributed by atoms with van der Waals surface area (Å²) in [6, 6.07) is 19.6. The Labute approximate surface area is 214 Å². The van der Waals surface area contributed by atoms with E-state index in [2.05, 4.69) is 44.7 Å². The third-order valence-electron chi connectivity index (χ3n) is 7.09. The number of furan rings is 1. The van der Waals surface area contributed by atoms with Gasteiger partial charge in [0, 0.05) is 17.3 Å². The van der Waals surface area contributed by atoms with Gasteiger partial charge in [-0.15, -0.1) is 0 Å². The maximum atomic E-state index is 10.3. The summed E-state index contributed by atoms with van der Waals surface area (Å²) < 4.78 is 11.0. The largest absolute Gasteiger partial charge is 0.465 e. The minimum Gasteiger partial charge on any atom is -0.465 e. The van der Waals surface area contributed by atoms with Crippen LogP contribution >= 0.6 is 0 Å². The van der Waals surface area contributed by atoms with Gasteiger partial charge in [-0.1, -0.05) is 41.9 Å². The molecule has 1 aliphatic rings. The molecule has 3 aromatic heterocycles. The normalized spacial score (nSPS) is 19.0. The lowest BCUT2D eigenvalue weighted by molar-refractivity contribution is 0.157. The summed E-state index contributed by atoms with van der Waals surface area (Å²) in [7, 11) is 0. The number of fused-ring (bicyclic) bond motifs is 1. The molecule has 1 fully saturated rings. The van der Waals surface area contributed by atoms with Crippen molar-refractivity contribution in [3.05, 3.63) is 84.4 Å². The maximum Gasteiger partial charge on any atom is 0.225 e. The molecule has 0 spiro atoms. The number of anilines is 1. The highest BCUT2D eigenvalue weighted by Crippen LogP contribution is 2.35. The Hall–Kier alpha value is -4.01. The molecule has 0 bridgehead atoms. The van der Waals surface area contributed by atoms with Gasteiger partial charge >= 0.3 is 0 Å². The van der Waals surface area contributed by atoms with E-state index in [4.69, 9.17) is 8.94 Å². The second-order valence-electron chi connectivity index (χ2n) is 9.55. The highest BCUT2D eigenvalue weighted by molar-refractivity contribution is 5.94. The third kappa shape index (κ3) is 4.98. The number of aromatic nitrogens is 3. The molecule has 3 unspecified atom stereocenters. The second-order valence-corrected chi connectivity index (χ2v) is 9.55. The first-order chi connectivity index (χ1) is 18.1. The summed E-state index contributed by atoms with van der Waals surface area (Å²) in [5.41, 5.74) is 4.61. The van der Waals surface area contributed by atoms with Crippen molar-refractivity contribution in [3.63, 3.8) is 0 Å². The lowest BCUT2D eigenvalue weighted by atomic mass is 9.91. The zero-order valence-corrected chi connectivity index (χ0v) is 20.2. The van der Waals surface area contributed by atoms with Crippen LogP contribution in [-0.2, 0) is 0 Å². The van der Waals surface area contributed by atoms with E-state index in [1.54, 1.807) is 18.3 Å². The van der Waals surface area contributed by atoms with Crippen LogP contribution in [0.4, 0.5) is 5.95 Å². The van der Waals surface area contributed by atoms with Crippen LogP contribution in [0.3, 0.4) is 0 Å². The van der Waals surface area contributed by atoms with Crippen LogP contribution in [0.1, 0.15) is 55.6 Å². The number of aliphatic hydroxyl groups excluding tert-OH is 2. The second kappa shape index (κ2) is 10.2. The van der Waals surface area contributed by atoms with Crippen molar-refractivity contribution >= 4 is 16.9 Å². The maximum absolute atomic E-state index is 10.3. The van der Waals surface area contributed by atoms with E-state index < -0.39 is 6.23 Å². The standard InChI is InChI=1S/C29H28N4O4/c34-22-4-1-3-18(10-12-22)19-6-8-20(9-7-19)27-23-17-21(11-13-25(23)33-37-27)24-14-15-30-29(31-24)32-28(35)26-5-2-16-36-26/h2,5-9,11,13-18,22,28,34-35H,1,3-4,10,12H2,(H,30,31,32). The zero-order chi connectivity index (χ0) is 25.2. The molecule has 6 rings (SSSR count). The van der Waals surface area contributed by atoms with Crippen molar-refractivity contribution in [2.75, 3.05) is 5.32 Å². The first kappa shape index (κ1) is 23.4. The zero-order valence-electron chi connectivity index (χ0n) is 20.2. The molecule has 0 amide bonds. The molecule has 8 heteroatoms. The minimum absolute atomic E-state index is 0.165. The third-order valence-corrected chi connectivity index (χ3v) is 7.09. The van der Waals surface area contributed by atoms with E-state index in [0.29, 0.717) is 23.1 Å². The SMILES string of the molecule is OC1CCCC(c2ccc(-c3onc4ccc(-c5ccnc(NC(O)c6ccco6)n5)cc34)cc2)CC1. The molecule has 37 heavy (non-hydrogen) atoms. The summed E-state index contributed by atoms with van der Waals surface area (Å²) in [5.74, 6) is 1.86. The van der Waals surface area contributed by atoms with Crippen LogP contribution in [0.5, 0.6) is 0 Å². The number of hydrogen-bond acceptors (Lipinski definition) is 8. The Kier molecular flexibility index (Phi) is 6.42. The Morgan fingerprint density at radius 3 is 2.65 bits per heavy atom. The molecule has 1 saturated carbocycles. The Bertz CT molecular complexity index is 1480. The fraction of sp³-hybridized carbons (Fsp3) is 0.276. The molecule has 3 heterocycles. The number of aliphatic hydroxyl groups is 2. The van der Waals surface area contributed by atoms with Crippen LogP contribution in [0, 0.1) is 0 Å². The van der Waals surface area contributed by atoms with E-state index in [9.17, 15) is 10.2 Å². The Morgan fingerprint density at radius 1 is 0.946 bits per heavy atom. The molecule has 5 aromatic rings. The molecule has 3 atom stereocenters. The van der Waals surface area contributed by atoms with Gasteiger partial charge < -0.3 is 24.5 Å². The fourth-order valence-corrected chi connectivity index (χ4v) is 5.06. The van der Waals surface area contributed by atoms with Crippen molar-refractivity contribution in [1.29, 1.82) is 0 Å². The molecule has 0 saturated heterocycles. The van der Waals surface area contributed by atoms with Gasteiger partial charge in [-0.05, 0) is 67.5 Å². The van der Waals surface area contributed by atoms with Crippen LogP contribution in [-0.4, -0.2) is 31.4 Å². The average molecular weight is 497 g/mol. The molecule has 8 nitrogen and oxygen atoms in total. The van der Waals surface area contributed by atoms with Crippen molar-refractivity contribution in [2.24, 2.45) is 0 Å². The van der Waals surface area contributed by atoms with Gasteiger partial charge in [-0.3, -0.25) is 0 Å². The van der Waals surface area contributed by atoms with E-state index in [1.807, 2.05) is 24.3 Å². The highest BCUT2D eigenvalue weighted by Gasteiger charge is 2.20. The topological polar surface area (TPSA) is 117 Å². The van der Waals surface area contributed by atoms with Crippen LogP contribution in [0.25, 0.3) is 33.5 Å². The van der Waals surface area contributed by atoms with E-state index >= 15 is 0 Å². The summed E-state index contributed by atoms with van der Waals surface area (Å²) in [6.45, 7) is 0. The smallest absolute Gasteiger partial charge is 0.225 e. The van der Waals surface area contributed by atoms with Crippen LogP contribution < -0.4 is 5.32 Å². The number of hydrogen-bond donors (Lipinski definition) is 3. The van der Waals surface area contributed by atoms with Gasteiger partial charge in [0.1, 0.15) is 5.52 Å². The van der Waals surface area contributed by atoms with E-state index in [1.165, 1.54) is 11.8 Å². The van der Waals surface area contributed by atoms with Crippen molar-refractivity contribution in [2.45, 2.75) is 50.4 Å². The molecule has 0 radical (unpaired) electrons. The Balaban J connectivity index is 1.25. The molecule has 1 aliphatic carbocycles. The lowest BCUT2D eigenvalue weighted by Gasteiger charge is -2.14. The van der Waals surface area contributed by atoms with Crippen molar-refractivity contribution < 1.29 is 19.2 Å². The molecular weight excluding hydrogens is 468 g/mol. The molecule has 188 valence electrons. The van der Waals surface area contributed by atoms with Gasteiger partial charge in [0.25, 0.3) is 0 Å². The minimum atomic E-state index is -1.05. The number of nitrogens with one attached hydrogen (secondary N) is 1. The van der Waals surface area contributed by atoms with Gasteiger partial charge in [-0.2, -0.15) is 0 Å². The monoisotopic (exact) mass is 496 g/mol. The Morgan fingerprint density at radius 2 is 1.81 bits per heavy atom. The number of nitrogens with zero attached hydrogens (tertiary/aromatic N) is 3. The summed E-state index contributed by atoms with van der Waals surface area (Å²) in [6.07, 6.45) is 6.88. The predicted molar refractivity (Wildman–Crippen MR) is 140 cm³/mol. The average Bonchev–Trinajstić information content (AvgIpc) is 3.56. The van der Waals surface area contributed by atoms with Gasteiger partial charge in [0.2, 0.25) is 5.95 Å². The summed E-state index contributed by atoms with van der Waals surface area (Å²) in [4.78, 5) is 8.79. The van der Waals surface area contributed by atoms with Crippen molar-refractivity contribution in [1.82, 2.24) is 15.1 Å². The first-order valence-corrected chi connectivity index (χ1v) is 12.6. The molecule has 2 aromatic carbocycles. The van der Waals surface area contributed by atoms with Gasteiger partial charge in [0.05, 0.1) is 23.4 Å². The summed E-state index contributed by atoms with van der Waals surface area (Å²) >= 11 is 0. The molecular formula is C29H28N4O4. The number of benzene rings is 2. The lowest BCUT2D eigenvalue weighted by Crippen LogP contribution is -2.11. The van der Waals surface area contributed by atoms with E-state index in [-0.39, 0.29) is 12.1 Å². The van der Waals surface area contributed by atoms with Crippen LogP contribution in [0.15, 0.2) is 82.1 Å². The molecule has 3 N–H and O–H groups in total. The quantitative estimate of drug-likeness (QED) is 0.192. The predicted octanol–water partition coefficient (Wildman–Crippen LogP) is 6.06. The van der Waals surface area contributed by atoms with Gasteiger partial charge in [-0.25, -0.2) is 9.97 Å². The summed E-state index contributed by atoms with van der Waals surface area (Å²) in [5, 5.41) is 28.3. The number of rotatable bonds is 6. The van der Waals surface area contributed by atoms with E-state index in [0.717, 1.165) is 54.1 Å².